The van der Waals surface area contributed by atoms with E-state index < -0.39 is 12.7 Å². The molecule has 0 saturated heterocycles. The molecular formula is C3H2F3N4. The molecule has 1 aromatic heterocycles. The summed E-state index contributed by atoms with van der Waals surface area (Å²) >= 11 is 0. The lowest BCUT2D eigenvalue weighted by Crippen LogP contribution is -2.19. The lowest BCUT2D eigenvalue weighted by atomic mass is 10.7. The van der Waals surface area contributed by atoms with Gasteiger partial charge in [-0.05, 0) is 5.21 Å². The molecule has 0 N–H and O–H groups in total. The maximum atomic E-state index is 11.5. The van der Waals surface area contributed by atoms with Crippen molar-refractivity contribution in [1.82, 2.24) is 20.2 Å². The van der Waals surface area contributed by atoms with Crippen LogP contribution in [-0.2, 0) is 6.54 Å². The average molecular weight is 151 g/mol. The Hall–Kier alpha value is -1.14. The van der Waals surface area contributed by atoms with Crippen molar-refractivity contribution in [3.05, 3.63) is 6.33 Å². The fourth-order valence-corrected chi connectivity index (χ4v) is 0.391. The number of alkyl halides is 3. The second-order valence-electron chi connectivity index (χ2n) is 1.54. The molecule has 1 rings (SSSR count). The Morgan fingerprint density at radius 1 is 1.40 bits per heavy atom. The van der Waals surface area contributed by atoms with E-state index in [2.05, 4.69) is 15.4 Å². The second kappa shape index (κ2) is 2.24. The predicted molar refractivity (Wildman–Crippen MR) is 22.7 cm³/mol. The quantitative estimate of drug-likeness (QED) is 0.569. The molecule has 10 heavy (non-hydrogen) atoms. The highest BCUT2D eigenvalue weighted by molar-refractivity contribution is 4.46. The molecule has 0 aliphatic heterocycles. The number of hydrogen-bond donors (Lipinski definition) is 0. The first kappa shape index (κ1) is 6.97. The van der Waals surface area contributed by atoms with Crippen LogP contribution < -0.4 is 0 Å². The molecule has 55 valence electrons. The molecule has 1 heterocycles. The Morgan fingerprint density at radius 3 is 2.50 bits per heavy atom. The SMILES string of the molecule is FC(F)(F)Cn1n[c]nn1. The predicted octanol–water partition coefficient (Wildman–Crippen LogP) is 0.0356. The molecule has 0 aromatic carbocycles. The van der Waals surface area contributed by atoms with Crippen molar-refractivity contribution >= 4 is 0 Å². The van der Waals surface area contributed by atoms with Crippen LogP contribution in [0.25, 0.3) is 0 Å². The fourth-order valence-electron chi connectivity index (χ4n) is 0.391. The number of rotatable bonds is 1. The van der Waals surface area contributed by atoms with Crippen LogP contribution in [0, 0.1) is 6.33 Å². The van der Waals surface area contributed by atoms with E-state index in [1.54, 1.807) is 0 Å². The van der Waals surface area contributed by atoms with Crippen LogP contribution in [0.4, 0.5) is 13.2 Å². The largest absolute Gasteiger partial charge is 0.409 e. The third-order valence-corrected chi connectivity index (χ3v) is 0.674. The Morgan fingerprint density at radius 2 is 2.10 bits per heavy atom. The number of nitrogens with zero attached hydrogens (tertiary/aromatic N) is 4. The summed E-state index contributed by atoms with van der Waals surface area (Å²) in [6.07, 6.45) is -2.39. The van der Waals surface area contributed by atoms with Crippen molar-refractivity contribution in [2.75, 3.05) is 0 Å². The van der Waals surface area contributed by atoms with Gasteiger partial charge in [0.05, 0.1) is 0 Å². The molecule has 0 unspecified atom stereocenters. The van der Waals surface area contributed by atoms with Gasteiger partial charge in [-0.15, -0.1) is 10.2 Å². The maximum absolute atomic E-state index is 11.5. The van der Waals surface area contributed by atoms with E-state index >= 15 is 0 Å². The highest BCUT2D eigenvalue weighted by Gasteiger charge is 2.28. The Kier molecular flexibility index (Phi) is 1.56. The van der Waals surface area contributed by atoms with E-state index in [0.717, 1.165) is 0 Å². The van der Waals surface area contributed by atoms with Crippen molar-refractivity contribution in [3.63, 3.8) is 0 Å². The zero-order chi connectivity index (χ0) is 7.61. The van der Waals surface area contributed by atoms with Crippen molar-refractivity contribution < 1.29 is 13.2 Å². The zero-order valence-corrected chi connectivity index (χ0v) is 4.63. The van der Waals surface area contributed by atoms with E-state index in [1.807, 2.05) is 6.33 Å². The standard InChI is InChI=1S/C3H2F3N4/c4-3(5,6)1-10-8-2-7-9-10/h1H2. The lowest BCUT2D eigenvalue weighted by molar-refractivity contribution is -0.145. The first-order chi connectivity index (χ1) is 4.58. The first-order valence-corrected chi connectivity index (χ1v) is 2.28. The summed E-state index contributed by atoms with van der Waals surface area (Å²) in [5, 5.41) is 9.02. The van der Waals surface area contributed by atoms with Gasteiger partial charge >= 0.3 is 6.18 Å². The van der Waals surface area contributed by atoms with Crippen LogP contribution in [-0.4, -0.2) is 26.4 Å². The molecule has 7 heteroatoms. The van der Waals surface area contributed by atoms with Gasteiger partial charge in [0.2, 0.25) is 6.33 Å². The Labute approximate surface area is 53.6 Å². The number of halogens is 3. The molecule has 0 atom stereocenters. The van der Waals surface area contributed by atoms with Crippen LogP contribution in [0.3, 0.4) is 0 Å². The van der Waals surface area contributed by atoms with Crippen molar-refractivity contribution in [2.45, 2.75) is 12.7 Å². The number of aromatic nitrogens is 4. The summed E-state index contributed by atoms with van der Waals surface area (Å²) < 4.78 is 34.4. The summed E-state index contributed by atoms with van der Waals surface area (Å²) in [4.78, 5) is 0.417. The minimum atomic E-state index is -4.30. The Balaban J connectivity index is 2.57. The molecule has 0 fully saturated rings. The summed E-state index contributed by atoms with van der Waals surface area (Å²) in [7, 11) is 0. The summed E-state index contributed by atoms with van der Waals surface area (Å²) in [6, 6.07) is 0. The molecule has 1 radical (unpaired) electrons. The minimum absolute atomic E-state index is 0.417. The first-order valence-electron chi connectivity index (χ1n) is 2.28. The second-order valence-corrected chi connectivity index (χ2v) is 1.54. The molecule has 0 saturated carbocycles. The number of hydrogen-bond acceptors (Lipinski definition) is 3. The number of tetrazole rings is 1. The Bertz CT molecular complexity index is 190. The molecule has 4 nitrogen and oxygen atoms in total. The van der Waals surface area contributed by atoms with Crippen LogP contribution in [0.2, 0.25) is 0 Å². The molecule has 0 bridgehead atoms. The molecule has 0 amide bonds. The topological polar surface area (TPSA) is 43.6 Å². The van der Waals surface area contributed by atoms with Gasteiger partial charge < -0.3 is 0 Å². The highest BCUT2D eigenvalue weighted by atomic mass is 19.4. The van der Waals surface area contributed by atoms with E-state index in [1.165, 1.54) is 0 Å². The maximum Gasteiger partial charge on any atom is 0.409 e. The van der Waals surface area contributed by atoms with Crippen molar-refractivity contribution in [3.8, 4) is 0 Å². The summed E-state index contributed by atoms with van der Waals surface area (Å²) in [5.41, 5.74) is 0. The third kappa shape index (κ3) is 2.00. The van der Waals surface area contributed by atoms with Gasteiger partial charge in [0.1, 0.15) is 0 Å². The summed E-state index contributed by atoms with van der Waals surface area (Å²) in [5.74, 6) is 0. The van der Waals surface area contributed by atoms with Crippen LogP contribution >= 0.6 is 0 Å². The average Bonchev–Trinajstić information content (AvgIpc) is 2.12. The van der Waals surface area contributed by atoms with Gasteiger partial charge in [-0.3, -0.25) is 0 Å². The minimum Gasteiger partial charge on any atom is -0.169 e. The van der Waals surface area contributed by atoms with Gasteiger partial charge in [-0.2, -0.15) is 18.0 Å². The van der Waals surface area contributed by atoms with Gasteiger partial charge in [0.15, 0.2) is 6.54 Å². The molecule has 1 aromatic rings. The third-order valence-electron chi connectivity index (χ3n) is 0.674. The smallest absolute Gasteiger partial charge is 0.169 e. The molecular weight excluding hydrogens is 149 g/mol. The van der Waals surface area contributed by atoms with Gasteiger partial charge in [-0.25, -0.2) is 0 Å². The van der Waals surface area contributed by atoms with Crippen molar-refractivity contribution in [1.29, 1.82) is 0 Å². The molecule has 0 spiro atoms. The monoisotopic (exact) mass is 151 g/mol. The zero-order valence-electron chi connectivity index (χ0n) is 4.63. The van der Waals surface area contributed by atoms with E-state index in [0.29, 0.717) is 4.80 Å². The van der Waals surface area contributed by atoms with Gasteiger partial charge in [0, 0.05) is 0 Å². The fraction of sp³-hybridized carbons (Fsp3) is 0.667. The van der Waals surface area contributed by atoms with Crippen LogP contribution in [0.1, 0.15) is 0 Å². The highest BCUT2D eigenvalue weighted by Crippen LogP contribution is 2.15. The van der Waals surface area contributed by atoms with E-state index in [4.69, 9.17) is 0 Å². The van der Waals surface area contributed by atoms with E-state index in [9.17, 15) is 13.2 Å². The normalized spacial score (nSPS) is 11.9. The molecule has 0 aliphatic rings. The van der Waals surface area contributed by atoms with Gasteiger partial charge in [-0.1, -0.05) is 0 Å². The van der Waals surface area contributed by atoms with E-state index in [-0.39, 0.29) is 0 Å². The lowest BCUT2D eigenvalue weighted by Gasteiger charge is -2.02. The molecule has 0 aliphatic carbocycles. The van der Waals surface area contributed by atoms with Crippen LogP contribution in [0.15, 0.2) is 0 Å². The van der Waals surface area contributed by atoms with Gasteiger partial charge in [0.25, 0.3) is 0 Å². The van der Waals surface area contributed by atoms with Crippen LogP contribution in [0.5, 0.6) is 0 Å². The summed E-state index contributed by atoms with van der Waals surface area (Å²) in [6.45, 7) is -1.22. The van der Waals surface area contributed by atoms with Crippen molar-refractivity contribution in [2.24, 2.45) is 0 Å².